The van der Waals surface area contributed by atoms with Crippen LogP contribution in [0.2, 0.25) is 0 Å². The highest BCUT2D eigenvalue weighted by Crippen LogP contribution is 2.23. The summed E-state index contributed by atoms with van der Waals surface area (Å²) in [6, 6.07) is 11.1. The molecule has 1 aliphatic carbocycles. The Morgan fingerprint density at radius 1 is 0.907 bits per heavy atom. The van der Waals surface area contributed by atoms with Crippen molar-refractivity contribution in [3.8, 4) is 0 Å². The van der Waals surface area contributed by atoms with Gasteiger partial charge in [-0.15, -0.1) is 0 Å². The molecule has 2 fully saturated rings. The lowest BCUT2D eigenvalue weighted by atomic mass is 9.93. The molecule has 12 heteroatoms. The van der Waals surface area contributed by atoms with Gasteiger partial charge in [0.15, 0.2) is 6.23 Å². The summed E-state index contributed by atoms with van der Waals surface area (Å²) in [6.07, 6.45) is 12.7. The van der Waals surface area contributed by atoms with E-state index in [0.29, 0.717) is 30.3 Å². The van der Waals surface area contributed by atoms with Gasteiger partial charge in [-0.1, -0.05) is 55.3 Å². The number of piperazine rings is 1. The molecule has 1 saturated heterocycles. The molecule has 0 aromatic heterocycles. The lowest BCUT2D eigenvalue weighted by Crippen LogP contribution is -2.54. The second kappa shape index (κ2) is 21.4. The van der Waals surface area contributed by atoms with Crippen molar-refractivity contribution < 1.29 is 44.4 Å². The third-order valence-corrected chi connectivity index (χ3v) is 6.41. The summed E-state index contributed by atoms with van der Waals surface area (Å²) < 4.78 is 0. The van der Waals surface area contributed by atoms with Crippen molar-refractivity contribution in [2.24, 2.45) is 5.16 Å². The molecule has 0 radical (unpaired) electrons. The molecule has 2 aliphatic rings. The number of carboxylic acids is 4. The molecule has 1 saturated carbocycles. The Balaban J connectivity index is 0.000000476. The van der Waals surface area contributed by atoms with Crippen LogP contribution in [0.3, 0.4) is 0 Å². The van der Waals surface area contributed by atoms with Gasteiger partial charge < -0.3 is 30.6 Å². The molecule has 1 aromatic carbocycles. The minimum Gasteiger partial charge on any atom is -0.478 e. The van der Waals surface area contributed by atoms with Gasteiger partial charge in [0.05, 0.1) is 5.71 Å². The summed E-state index contributed by atoms with van der Waals surface area (Å²) in [4.78, 5) is 46.8. The number of hydrogen-bond acceptors (Lipinski definition) is 8. The van der Waals surface area contributed by atoms with Crippen molar-refractivity contribution in [1.29, 1.82) is 0 Å². The smallest absolute Gasteiger partial charge is 0.328 e. The molecule has 236 valence electrons. The minimum atomic E-state index is -1.26. The summed E-state index contributed by atoms with van der Waals surface area (Å²) >= 11 is 0. The highest BCUT2D eigenvalue weighted by atomic mass is 16.6. The van der Waals surface area contributed by atoms with Crippen LogP contribution in [0.25, 0.3) is 6.08 Å². The summed E-state index contributed by atoms with van der Waals surface area (Å²) in [7, 11) is 0. The molecular weight excluding hydrogens is 558 g/mol. The standard InChI is InChI=1S/C23H35N3O.2C4H4O4/c1-3-23(26-16-15-24-18-19(26)2)27-25-22-14-10-5-4-9-13-21(22)17-20-11-7-6-8-12-20;2*5-3(6)1-2-4(7)8/h6-8,11-12,17,19,23-24H,3-5,9-10,13-16,18H2,1-2H3;2*1-2H,(H,5,6)(H,7,8)/b21-17-,25-22-;2*2-1+. The second-order valence-corrected chi connectivity index (χ2v) is 9.81. The zero-order valence-corrected chi connectivity index (χ0v) is 24.7. The Morgan fingerprint density at radius 3 is 1.93 bits per heavy atom. The monoisotopic (exact) mass is 601 g/mol. The number of aliphatic carboxylic acids is 4. The first-order valence-electron chi connectivity index (χ1n) is 14.3. The summed E-state index contributed by atoms with van der Waals surface area (Å²) in [5.41, 5.74) is 3.76. The van der Waals surface area contributed by atoms with Gasteiger partial charge in [-0.3, -0.25) is 4.90 Å². The predicted octanol–water partition coefficient (Wildman–Crippen LogP) is 4.25. The molecule has 1 heterocycles. The van der Waals surface area contributed by atoms with E-state index in [0.717, 1.165) is 44.6 Å². The maximum absolute atomic E-state index is 9.55. The maximum atomic E-state index is 9.55. The van der Waals surface area contributed by atoms with Gasteiger partial charge >= 0.3 is 23.9 Å². The number of allylic oxidation sites excluding steroid dienone is 1. The number of oxime groups is 1. The zero-order valence-electron chi connectivity index (χ0n) is 24.7. The van der Waals surface area contributed by atoms with Crippen LogP contribution in [0, 0.1) is 0 Å². The fourth-order valence-corrected chi connectivity index (χ4v) is 4.34. The first-order valence-corrected chi connectivity index (χ1v) is 14.3. The van der Waals surface area contributed by atoms with Gasteiger partial charge in [-0.05, 0) is 56.2 Å². The summed E-state index contributed by atoms with van der Waals surface area (Å²) in [5.74, 6) is -5.03. The quantitative estimate of drug-likeness (QED) is 0.201. The molecule has 2 unspecified atom stereocenters. The normalized spacial score (nSPS) is 20.2. The molecule has 0 spiro atoms. The number of nitrogens with one attached hydrogen (secondary N) is 1. The Labute approximate surface area is 252 Å². The van der Waals surface area contributed by atoms with Crippen molar-refractivity contribution >= 4 is 35.7 Å². The maximum Gasteiger partial charge on any atom is 0.328 e. The van der Waals surface area contributed by atoms with Gasteiger partial charge in [0.2, 0.25) is 0 Å². The van der Waals surface area contributed by atoms with Crippen molar-refractivity contribution in [3.63, 3.8) is 0 Å². The van der Waals surface area contributed by atoms with E-state index in [2.05, 4.69) is 60.5 Å². The van der Waals surface area contributed by atoms with E-state index < -0.39 is 23.9 Å². The zero-order chi connectivity index (χ0) is 32.0. The van der Waals surface area contributed by atoms with E-state index in [4.69, 9.17) is 30.4 Å². The molecule has 43 heavy (non-hydrogen) atoms. The molecule has 12 nitrogen and oxygen atoms in total. The van der Waals surface area contributed by atoms with Crippen LogP contribution in [0.5, 0.6) is 0 Å². The van der Waals surface area contributed by atoms with E-state index >= 15 is 0 Å². The SMILES string of the molecule is CCC(O/N=C1/CCCCCC/C1=C/c1ccccc1)N1CCNCC1C.O=C(O)/C=C/C(=O)O.O=C(O)/C=C/C(=O)O. The summed E-state index contributed by atoms with van der Waals surface area (Å²) in [5, 5.41) is 39.4. The molecule has 0 amide bonds. The lowest BCUT2D eigenvalue weighted by molar-refractivity contribution is -0.134. The molecule has 2 atom stereocenters. The van der Waals surface area contributed by atoms with Crippen LogP contribution >= 0.6 is 0 Å². The lowest BCUT2D eigenvalue weighted by Gasteiger charge is -2.38. The topological polar surface area (TPSA) is 186 Å². The van der Waals surface area contributed by atoms with E-state index in [1.54, 1.807) is 0 Å². The van der Waals surface area contributed by atoms with Gasteiger partial charge in [0.1, 0.15) is 0 Å². The highest BCUT2D eigenvalue weighted by Gasteiger charge is 2.26. The van der Waals surface area contributed by atoms with Crippen LogP contribution in [0.1, 0.15) is 64.4 Å². The first-order chi connectivity index (χ1) is 20.5. The average Bonchev–Trinajstić information content (AvgIpc) is 2.96. The largest absolute Gasteiger partial charge is 0.478 e. The van der Waals surface area contributed by atoms with Crippen LogP contribution in [0.4, 0.5) is 0 Å². The number of nitrogens with zero attached hydrogens (tertiary/aromatic N) is 2. The molecule has 1 aliphatic heterocycles. The van der Waals surface area contributed by atoms with Crippen LogP contribution in [-0.2, 0) is 24.0 Å². The van der Waals surface area contributed by atoms with Crippen LogP contribution in [0.15, 0.2) is 65.4 Å². The number of rotatable bonds is 9. The Morgan fingerprint density at radius 2 is 1.44 bits per heavy atom. The summed E-state index contributed by atoms with van der Waals surface area (Å²) in [6.45, 7) is 7.53. The fourth-order valence-electron chi connectivity index (χ4n) is 4.34. The third-order valence-electron chi connectivity index (χ3n) is 6.41. The van der Waals surface area contributed by atoms with Crippen LogP contribution in [-0.4, -0.2) is 86.8 Å². The van der Waals surface area contributed by atoms with E-state index in [1.807, 2.05) is 0 Å². The Bertz CT molecular complexity index is 1080. The van der Waals surface area contributed by atoms with E-state index in [1.165, 1.54) is 36.8 Å². The molecular formula is C31H43N3O9. The Hall–Kier alpha value is -4.29. The van der Waals surface area contributed by atoms with Crippen molar-refractivity contribution in [2.75, 3.05) is 19.6 Å². The molecule has 1 aromatic rings. The van der Waals surface area contributed by atoms with Crippen molar-refractivity contribution in [1.82, 2.24) is 10.2 Å². The van der Waals surface area contributed by atoms with Crippen molar-refractivity contribution in [3.05, 3.63) is 65.8 Å². The molecule has 3 rings (SSSR count). The average molecular weight is 602 g/mol. The number of carbonyl (C=O) groups is 4. The number of benzene rings is 1. The third kappa shape index (κ3) is 17.3. The highest BCUT2D eigenvalue weighted by molar-refractivity contribution is 6.03. The predicted molar refractivity (Wildman–Crippen MR) is 163 cm³/mol. The minimum absolute atomic E-state index is 0.0676. The number of hydrogen-bond donors (Lipinski definition) is 5. The van der Waals surface area contributed by atoms with E-state index in [9.17, 15) is 19.2 Å². The first kappa shape index (κ1) is 36.7. The van der Waals surface area contributed by atoms with Gasteiger partial charge in [-0.2, -0.15) is 0 Å². The Kier molecular flexibility index (Phi) is 18.3. The fraction of sp³-hybridized carbons (Fsp3) is 0.452. The van der Waals surface area contributed by atoms with Gasteiger partial charge in [0, 0.05) is 50.0 Å². The van der Waals surface area contributed by atoms with Gasteiger partial charge in [-0.25, -0.2) is 19.2 Å². The van der Waals surface area contributed by atoms with Gasteiger partial charge in [0.25, 0.3) is 0 Å². The van der Waals surface area contributed by atoms with Crippen molar-refractivity contribution in [2.45, 2.75) is 71.1 Å². The number of carboxylic acid groups (broad SMARTS) is 4. The van der Waals surface area contributed by atoms with E-state index in [-0.39, 0.29) is 6.23 Å². The molecule has 5 N–H and O–H groups in total. The van der Waals surface area contributed by atoms with Crippen LogP contribution < -0.4 is 5.32 Å². The second-order valence-electron chi connectivity index (χ2n) is 9.81. The molecule has 0 bridgehead atoms.